The van der Waals surface area contributed by atoms with Gasteiger partial charge < -0.3 is 14.4 Å². The van der Waals surface area contributed by atoms with E-state index in [1.165, 1.54) is 23.8 Å². The standard InChI is InChI=1S/C20H21NO7S/c1-13-9-17(23)19(20(25)21(13)2)16(22)8-7-14-5-4-6-15(10-14)11-29(26,27)12-18(24)28-3/h4-10,23H,11-12H2,1-3H3. The molecule has 2 aromatic rings. The highest BCUT2D eigenvalue weighted by atomic mass is 32.2. The lowest BCUT2D eigenvalue weighted by Crippen LogP contribution is -2.25. The molecule has 0 amide bonds. The Morgan fingerprint density at radius 1 is 1.24 bits per heavy atom. The Labute approximate surface area is 168 Å². The van der Waals surface area contributed by atoms with Gasteiger partial charge in [0, 0.05) is 18.8 Å². The number of hydrogen-bond donors (Lipinski definition) is 1. The van der Waals surface area contributed by atoms with Gasteiger partial charge in [-0.25, -0.2) is 8.42 Å². The van der Waals surface area contributed by atoms with Gasteiger partial charge in [0.25, 0.3) is 5.56 Å². The van der Waals surface area contributed by atoms with Crippen molar-refractivity contribution >= 4 is 27.7 Å². The van der Waals surface area contributed by atoms with Crippen molar-refractivity contribution in [1.82, 2.24) is 4.57 Å². The molecule has 1 aromatic heterocycles. The number of sulfone groups is 1. The third kappa shape index (κ3) is 5.64. The lowest BCUT2D eigenvalue weighted by Gasteiger charge is -2.07. The van der Waals surface area contributed by atoms with Crippen LogP contribution in [0.25, 0.3) is 6.08 Å². The van der Waals surface area contributed by atoms with Crippen molar-refractivity contribution in [3.63, 3.8) is 0 Å². The predicted octanol–water partition coefficient (Wildman–Crippen LogP) is 1.38. The summed E-state index contributed by atoms with van der Waals surface area (Å²) in [4.78, 5) is 35.8. The first-order valence-corrected chi connectivity index (χ1v) is 10.3. The molecule has 2 rings (SSSR count). The Hall–Kier alpha value is -3.20. The molecule has 0 spiro atoms. The molecule has 0 saturated heterocycles. The molecule has 0 saturated carbocycles. The number of ketones is 1. The summed E-state index contributed by atoms with van der Waals surface area (Å²) >= 11 is 0. The number of rotatable bonds is 7. The van der Waals surface area contributed by atoms with Crippen molar-refractivity contribution < 1.29 is 27.9 Å². The van der Waals surface area contributed by atoms with Gasteiger partial charge in [0.1, 0.15) is 17.1 Å². The van der Waals surface area contributed by atoms with Crippen LogP contribution in [0.15, 0.2) is 41.2 Å². The summed E-state index contributed by atoms with van der Waals surface area (Å²) < 4.78 is 29.7. The Balaban J connectivity index is 2.24. The Bertz CT molecular complexity index is 1140. The molecule has 154 valence electrons. The first-order valence-electron chi connectivity index (χ1n) is 8.52. The molecule has 29 heavy (non-hydrogen) atoms. The van der Waals surface area contributed by atoms with Gasteiger partial charge in [-0.15, -0.1) is 0 Å². The van der Waals surface area contributed by atoms with Gasteiger partial charge in [-0.05, 0) is 24.1 Å². The number of pyridine rings is 1. The van der Waals surface area contributed by atoms with Gasteiger partial charge >= 0.3 is 5.97 Å². The summed E-state index contributed by atoms with van der Waals surface area (Å²) in [7, 11) is -1.09. The van der Waals surface area contributed by atoms with Crippen LogP contribution in [0.5, 0.6) is 5.75 Å². The van der Waals surface area contributed by atoms with Gasteiger partial charge in [0.2, 0.25) is 0 Å². The Morgan fingerprint density at radius 3 is 2.59 bits per heavy atom. The fourth-order valence-electron chi connectivity index (χ4n) is 2.62. The second-order valence-electron chi connectivity index (χ2n) is 6.46. The normalized spacial score (nSPS) is 11.6. The fraction of sp³-hybridized carbons (Fsp3) is 0.250. The highest BCUT2D eigenvalue weighted by Crippen LogP contribution is 2.16. The summed E-state index contributed by atoms with van der Waals surface area (Å²) in [5.41, 5.74) is 0.505. The number of allylic oxidation sites excluding steroid dienone is 1. The summed E-state index contributed by atoms with van der Waals surface area (Å²) in [5, 5.41) is 9.96. The van der Waals surface area contributed by atoms with Crippen LogP contribution in [-0.2, 0) is 32.2 Å². The number of carbonyl (C=O) groups excluding carboxylic acids is 2. The lowest BCUT2D eigenvalue weighted by atomic mass is 10.1. The molecular formula is C20H21NO7S. The van der Waals surface area contributed by atoms with E-state index in [0.717, 1.165) is 13.2 Å². The van der Waals surface area contributed by atoms with Gasteiger partial charge in [-0.3, -0.25) is 14.4 Å². The first-order chi connectivity index (χ1) is 13.5. The summed E-state index contributed by atoms with van der Waals surface area (Å²) in [6.45, 7) is 1.63. The van der Waals surface area contributed by atoms with Gasteiger partial charge in [0.05, 0.1) is 12.9 Å². The van der Waals surface area contributed by atoms with Gasteiger partial charge in [-0.1, -0.05) is 30.3 Å². The smallest absolute Gasteiger partial charge is 0.320 e. The van der Waals surface area contributed by atoms with Gasteiger partial charge in [-0.2, -0.15) is 0 Å². The van der Waals surface area contributed by atoms with Crippen LogP contribution < -0.4 is 5.56 Å². The van der Waals surface area contributed by atoms with Crippen LogP contribution >= 0.6 is 0 Å². The topological polar surface area (TPSA) is 120 Å². The molecule has 0 aliphatic carbocycles. The van der Waals surface area contributed by atoms with Crippen molar-refractivity contribution in [3.05, 3.63) is 69.1 Å². The van der Waals surface area contributed by atoms with Crippen LogP contribution in [-0.4, -0.2) is 42.7 Å². The number of esters is 1. The molecule has 1 N–H and O–H groups in total. The van der Waals surface area contributed by atoms with Crippen molar-refractivity contribution in [2.45, 2.75) is 12.7 Å². The molecule has 9 heteroatoms. The zero-order chi connectivity index (χ0) is 21.8. The summed E-state index contributed by atoms with van der Waals surface area (Å²) in [5.74, 6) is -3.00. The molecule has 1 aromatic carbocycles. The molecule has 0 bridgehead atoms. The third-order valence-corrected chi connectivity index (χ3v) is 5.67. The van der Waals surface area contributed by atoms with E-state index in [4.69, 9.17) is 0 Å². The SMILES string of the molecule is COC(=O)CS(=O)(=O)Cc1cccc(C=CC(=O)c2c(O)cc(C)n(C)c2=O)c1. The number of hydrogen-bond acceptors (Lipinski definition) is 7. The monoisotopic (exact) mass is 419 g/mol. The summed E-state index contributed by atoms with van der Waals surface area (Å²) in [6.07, 6.45) is 2.55. The number of nitrogens with zero attached hydrogens (tertiary/aromatic N) is 1. The van der Waals surface area contributed by atoms with Crippen LogP contribution in [0, 0.1) is 6.92 Å². The van der Waals surface area contributed by atoms with Crippen molar-refractivity contribution in [1.29, 1.82) is 0 Å². The second kappa shape index (κ2) is 8.87. The quantitative estimate of drug-likeness (QED) is 0.409. The highest BCUT2D eigenvalue weighted by molar-refractivity contribution is 7.91. The number of ether oxygens (including phenoxy) is 1. The number of aryl methyl sites for hydroxylation is 1. The molecule has 0 aliphatic rings. The van der Waals surface area contributed by atoms with E-state index < -0.39 is 38.7 Å². The fourth-order valence-corrected chi connectivity index (χ4v) is 3.89. The molecule has 0 radical (unpaired) electrons. The molecule has 0 atom stereocenters. The maximum Gasteiger partial charge on any atom is 0.320 e. The molecule has 0 unspecified atom stereocenters. The van der Waals surface area contributed by atoms with Crippen molar-refractivity contribution in [3.8, 4) is 5.75 Å². The van der Waals surface area contributed by atoms with Crippen molar-refractivity contribution in [2.75, 3.05) is 12.9 Å². The number of carbonyl (C=O) groups is 2. The zero-order valence-corrected chi connectivity index (χ0v) is 17.0. The second-order valence-corrected chi connectivity index (χ2v) is 8.53. The number of aromatic hydroxyl groups is 1. The van der Waals surface area contributed by atoms with Crippen LogP contribution in [0.2, 0.25) is 0 Å². The zero-order valence-electron chi connectivity index (χ0n) is 16.2. The first kappa shape index (κ1) is 22.1. The third-order valence-electron chi connectivity index (χ3n) is 4.23. The number of benzene rings is 1. The predicted molar refractivity (Wildman–Crippen MR) is 107 cm³/mol. The lowest BCUT2D eigenvalue weighted by molar-refractivity contribution is -0.137. The van der Waals surface area contributed by atoms with Crippen LogP contribution in [0.4, 0.5) is 0 Å². The van der Waals surface area contributed by atoms with E-state index in [9.17, 15) is 27.9 Å². The van der Waals surface area contributed by atoms with Crippen molar-refractivity contribution in [2.24, 2.45) is 7.05 Å². The molecule has 1 heterocycles. The maximum absolute atomic E-state index is 12.4. The largest absolute Gasteiger partial charge is 0.507 e. The van der Waals surface area contributed by atoms with E-state index in [1.54, 1.807) is 31.2 Å². The Kier molecular flexibility index (Phi) is 6.76. The van der Waals surface area contributed by atoms with Crippen LogP contribution in [0.1, 0.15) is 27.2 Å². The minimum Gasteiger partial charge on any atom is -0.507 e. The van der Waals surface area contributed by atoms with E-state index in [0.29, 0.717) is 16.8 Å². The van der Waals surface area contributed by atoms with E-state index in [-0.39, 0.29) is 11.3 Å². The van der Waals surface area contributed by atoms with E-state index in [1.807, 2.05) is 0 Å². The van der Waals surface area contributed by atoms with Crippen LogP contribution in [0.3, 0.4) is 0 Å². The highest BCUT2D eigenvalue weighted by Gasteiger charge is 2.18. The number of methoxy groups -OCH3 is 1. The Morgan fingerprint density at radius 2 is 1.93 bits per heavy atom. The minimum absolute atomic E-state index is 0.342. The minimum atomic E-state index is -3.70. The molecular weight excluding hydrogens is 398 g/mol. The van der Waals surface area contributed by atoms with E-state index >= 15 is 0 Å². The van der Waals surface area contributed by atoms with E-state index in [2.05, 4.69) is 4.74 Å². The average molecular weight is 419 g/mol. The van der Waals surface area contributed by atoms with Gasteiger partial charge in [0.15, 0.2) is 15.6 Å². The summed E-state index contributed by atoms with van der Waals surface area (Å²) in [6, 6.07) is 7.71. The maximum atomic E-state index is 12.4. The average Bonchev–Trinajstić information content (AvgIpc) is 2.64. The number of aromatic nitrogens is 1. The molecule has 0 aliphatic heterocycles. The molecule has 0 fully saturated rings. The molecule has 8 nitrogen and oxygen atoms in total.